The van der Waals surface area contributed by atoms with Crippen LogP contribution < -0.4 is 5.32 Å². The van der Waals surface area contributed by atoms with Crippen molar-refractivity contribution in [2.24, 2.45) is 0 Å². The number of alkyl halides is 3. The van der Waals surface area contributed by atoms with Crippen LogP contribution in [-0.2, 0) is 6.18 Å². The van der Waals surface area contributed by atoms with Gasteiger partial charge >= 0.3 is 6.18 Å². The van der Waals surface area contributed by atoms with Crippen LogP contribution in [0, 0.1) is 5.82 Å². The molecule has 2 unspecified atom stereocenters. The fourth-order valence-electron chi connectivity index (χ4n) is 1.67. The van der Waals surface area contributed by atoms with E-state index < -0.39 is 29.7 Å². The van der Waals surface area contributed by atoms with Gasteiger partial charge in [-0.05, 0) is 31.2 Å². The summed E-state index contributed by atoms with van der Waals surface area (Å²) in [5.41, 5.74) is -1.32. The van der Waals surface area contributed by atoms with Gasteiger partial charge in [0.1, 0.15) is 5.82 Å². The Hall–Kier alpha value is -1.14. The number of nitrogens with one attached hydrogen (secondary N) is 1. The summed E-state index contributed by atoms with van der Waals surface area (Å²) in [6.07, 6.45) is -5.88. The maximum Gasteiger partial charge on any atom is 0.419 e. The fraction of sp³-hybridized carbons (Fsp3) is 0.500. The van der Waals surface area contributed by atoms with Gasteiger partial charge in [0.25, 0.3) is 0 Å². The molecule has 1 rings (SSSR count). The average molecular weight is 265 g/mol. The van der Waals surface area contributed by atoms with Crippen LogP contribution in [0.4, 0.5) is 17.6 Å². The zero-order valence-electron chi connectivity index (χ0n) is 10.1. The molecule has 0 aromatic heterocycles. The smallest absolute Gasteiger partial charge is 0.387 e. The third-order valence-corrected chi connectivity index (χ3v) is 2.64. The first-order chi connectivity index (χ1) is 8.27. The molecule has 0 heterocycles. The van der Waals surface area contributed by atoms with Gasteiger partial charge in [-0.25, -0.2) is 4.39 Å². The lowest BCUT2D eigenvalue weighted by atomic mass is 10.0. The Balaban J connectivity index is 3.05. The summed E-state index contributed by atoms with van der Waals surface area (Å²) < 4.78 is 50.6. The summed E-state index contributed by atoms with van der Waals surface area (Å²) in [6, 6.07) is 2.11. The number of aliphatic hydroxyl groups is 1. The van der Waals surface area contributed by atoms with Crippen molar-refractivity contribution in [2.75, 3.05) is 6.54 Å². The van der Waals surface area contributed by atoms with Crippen molar-refractivity contribution in [1.29, 1.82) is 0 Å². The maximum absolute atomic E-state index is 13.1. The summed E-state index contributed by atoms with van der Waals surface area (Å²) in [7, 11) is 0. The van der Waals surface area contributed by atoms with Gasteiger partial charge < -0.3 is 10.4 Å². The molecule has 2 N–H and O–H groups in total. The first-order valence-corrected chi connectivity index (χ1v) is 5.55. The Bertz CT molecular complexity index is 406. The minimum atomic E-state index is -4.76. The van der Waals surface area contributed by atoms with Crippen LogP contribution in [0.3, 0.4) is 0 Å². The summed E-state index contributed by atoms with van der Waals surface area (Å²) in [6.45, 7) is 4.03. The number of hydrogen-bond acceptors (Lipinski definition) is 2. The van der Waals surface area contributed by atoms with Crippen LogP contribution in [0.1, 0.15) is 31.1 Å². The van der Waals surface area contributed by atoms with Crippen molar-refractivity contribution < 1.29 is 22.7 Å². The van der Waals surface area contributed by atoms with Crippen molar-refractivity contribution >= 4 is 0 Å². The molecular weight excluding hydrogens is 250 g/mol. The number of likely N-dealkylation sites (N-methyl/N-ethyl adjacent to an activating group) is 1. The average Bonchev–Trinajstić information content (AvgIpc) is 2.27. The third-order valence-electron chi connectivity index (χ3n) is 2.64. The SMILES string of the molecule is CCNC(C)C(O)c1ccc(F)c(C(F)(F)F)c1. The van der Waals surface area contributed by atoms with Crippen LogP contribution in [-0.4, -0.2) is 17.7 Å². The second-order valence-corrected chi connectivity index (χ2v) is 4.03. The molecule has 0 amide bonds. The lowest BCUT2D eigenvalue weighted by molar-refractivity contribution is -0.140. The van der Waals surface area contributed by atoms with E-state index in [9.17, 15) is 22.7 Å². The van der Waals surface area contributed by atoms with Gasteiger partial charge in [-0.1, -0.05) is 13.0 Å². The van der Waals surface area contributed by atoms with Crippen molar-refractivity contribution in [2.45, 2.75) is 32.2 Å². The number of hydrogen-bond donors (Lipinski definition) is 2. The first kappa shape index (κ1) is 14.9. The van der Waals surface area contributed by atoms with Gasteiger partial charge in [0, 0.05) is 6.04 Å². The molecule has 6 heteroatoms. The predicted molar refractivity (Wildman–Crippen MR) is 59.5 cm³/mol. The molecule has 1 aromatic carbocycles. The first-order valence-electron chi connectivity index (χ1n) is 5.55. The summed E-state index contributed by atoms with van der Waals surface area (Å²) in [4.78, 5) is 0. The molecule has 1 aromatic rings. The second kappa shape index (κ2) is 5.67. The molecule has 0 aliphatic carbocycles. The molecule has 0 radical (unpaired) electrons. The molecule has 0 spiro atoms. The largest absolute Gasteiger partial charge is 0.419 e. The molecule has 102 valence electrons. The van der Waals surface area contributed by atoms with Crippen molar-refractivity contribution in [1.82, 2.24) is 5.32 Å². The molecule has 0 bridgehead atoms. The molecular formula is C12H15F4NO. The molecule has 0 aliphatic heterocycles. The number of benzene rings is 1. The Labute approximate surface area is 103 Å². The van der Waals surface area contributed by atoms with Gasteiger partial charge in [-0.3, -0.25) is 0 Å². The van der Waals surface area contributed by atoms with E-state index in [1.165, 1.54) is 0 Å². The Kier molecular flexibility index (Phi) is 4.70. The fourth-order valence-corrected chi connectivity index (χ4v) is 1.67. The lowest BCUT2D eigenvalue weighted by Crippen LogP contribution is -2.32. The zero-order chi connectivity index (χ0) is 13.9. The van der Waals surface area contributed by atoms with E-state index in [2.05, 4.69) is 5.32 Å². The van der Waals surface area contributed by atoms with Crippen LogP contribution in [0.5, 0.6) is 0 Å². The Morgan fingerprint density at radius 3 is 2.44 bits per heavy atom. The van der Waals surface area contributed by atoms with E-state index in [4.69, 9.17) is 0 Å². The van der Waals surface area contributed by atoms with Crippen LogP contribution in [0.25, 0.3) is 0 Å². The monoisotopic (exact) mass is 265 g/mol. The summed E-state index contributed by atoms with van der Waals surface area (Å²) in [5.74, 6) is -1.34. The molecule has 0 aliphatic rings. The normalized spacial score (nSPS) is 15.5. The highest BCUT2D eigenvalue weighted by atomic mass is 19.4. The minimum absolute atomic E-state index is 0.0391. The van der Waals surface area contributed by atoms with Gasteiger partial charge in [0.05, 0.1) is 11.7 Å². The highest BCUT2D eigenvalue weighted by Crippen LogP contribution is 2.33. The van der Waals surface area contributed by atoms with Gasteiger partial charge in [-0.15, -0.1) is 0 Å². The quantitative estimate of drug-likeness (QED) is 0.820. The Morgan fingerprint density at radius 2 is 1.94 bits per heavy atom. The van der Waals surface area contributed by atoms with Crippen LogP contribution in [0.15, 0.2) is 18.2 Å². The lowest BCUT2D eigenvalue weighted by Gasteiger charge is -2.21. The van der Waals surface area contributed by atoms with Gasteiger partial charge in [0.2, 0.25) is 0 Å². The minimum Gasteiger partial charge on any atom is -0.387 e. The van der Waals surface area contributed by atoms with Crippen molar-refractivity contribution in [3.8, 4) is 0 Å². The highest BCUT2D eigenvalue weighted by Gasteiger charge is 2.34. The highest BCUT2D eigenvalue weighted by molar-refractivity contribution is 5.29. The molecule has 0 fully saturated rings. The van der Waals surface area contributed by atoms with E-state index in [0.717, 1.165) is 12.1 Å². The summed E-state index contributed by atoms with van der Waals surface area (Å²) >= 11 is 0. The number of aliphatic hydroxyl groups excluding tert-OH is 1. The van der Waals surface area contributed by atoms with E-state index in [-0.39, 0.29) is 5.56 Å². The summed E-state index contributed by atoms with van der Waals surface area (Å²) in [5, 5.41) is 12.7. The maximum atomic E-state index is 13.1. The van der Waals surface area contributed by atoms with Crippen molar-refractivity contribution in [3.05, 3.63) is 35.1 Å². The van der Waals surface area contributed by atoms with E-state index >= 15 is 0 Å². The molecule has 18 heavy (non-hydrogen) atoms. The standard InChI is InChI=1S/C12H15F4NO/c1-3-17-7(2)11(18)8-4-5-10(13)9(6-8)12(14,15)16/h4-7,11,17-18H,3H2,1-2H3. The topological polar surface area (TPSA) is 32.3 Å². The van der Waals surface area contributed by atoms with Crippen LogP contribution in [0.2, 0.25) is 0 Å². The zero-order valence-corrected chi connectivity index (χ0v) is 10.1. The predicted octanol–water partition coefficient (Wildman–Crippen LogP) is 2.88. The van der Waals surface area contributed by atoms with E-state index in [0.29, 0.717) is 12.6 Å². The van der Waals surface area contributed by atoms with Gasteiger partial charge in [-0.2, -0.15) is 13.2 Å². The number of rotatable bonds is 4. The molecule has 0 saturated heterocycles. The van der Waals surface area contributed by atoms with Gasteiger partial charge in [0.15, 0.2) is 0 Å². The van der Waals surface area contributed by atoms with Crippen LogP contribution >= 0.6 is 0 Å². The molecule has 2 nitrogen and oxygen atoms in total. The Morgan fingerprint density at radius 1 is 1.33 bits per heavy atom. The molecule has 0 saturated carbocycles. The number of halogens is 4. The third kappa shape index (κ3) is 3.43. The van der Waals surface area contributed by atoms with E-state index in [1.807, 2.05) is 6.92 Å². The second-order valence-electron chi connectivity index (χ2n) is 4.03. The van der Waals surface area contributed by atoms with E-state index in [1.54, 1.807) is 6.92 Å². The molecule has 2 atom stereocenters. The van der Waals surface area contributed by atoms with Crippen molar-refractivity contribution in [3.63, 3.8) is 0 Å².